The standard InChI is InChI=1S/C23H27FN8O2/c1-15-13-31-14-16(11-18(24)20(31)25-15)26-21-28-27-19-12-17(5-6-32(19)21)29-7-9-30(10-8-29)22(33)34-23(2,3)4/h5-6,11-14H,7-10H2,1-4H3,(H,26,28). The minimum Gasteiger partial charge on any atom is -0.444 e. The van der Waals surface area contributed by atoms with Crippen molar-refractivity contribution in [2.45, 2.75) is 33.3 Å². The van der Waals surface area contributed by atoms with Crippen LogP contribution in [0.3, 0.4) is 0 Å². The summed E-state index contributed by atoms with van der Waals surface area (Å²) in [5.74, 6) is 0.0617. The first-order valence-electron chi connectivity index (χ1n) is 11.2. The van der Waals surface area contributed by atoms with Gasteiger partial charge in [0.15, 0.2) is 17.1 Å². The highest BCUT2D eigenvalue weighted by Crippen LogP contribution is 2.23. The number of anilines is 3. The van der Waals surface area contributed by atoms with Crippen LogP contribution in [-0.2, 0) is 4.74 Å². The summed E-state index contributed by atoms with van der Waals surface area (Å²) in [6.07, 6.45) is 5.12. The minimum atomic E-state index is -0.506. The number of hydrogen-bond donors (Lipinski definition) is 1. The molecule has 178 valence electrons. The van der Waals surface area contributed by atoms with Crippen molar-refractivity contribution in [1.29, 1.82) is 0 Å². The van der Waals surface area contributed by atoms with Gasteiger partial charge in [0.2, 0.25) is 5.95 Å². The molecule has 0 radical (unpaired) electrons. The molecule has 1 aliphatic rings. The van der Waals surface area contributed by atoms with Gasteiger partial charge in [-0.15, -0.1) is 10.2 Å². The number of carbonyl (C=O) groups excluding carboxylic acids is 1. The Hall–Kier alpha value is -3.89. The molecule has 0 bridgehead atoms. The van der Waals surface area contributed by atoms with Crippen molar-refractivity contribution in [2.75, 3.05) is 36.4 Å². The molecule has 34 heavy (non-hydrogen) atoms. The monoisotopic (exact) mass is 466 g/mol. The maximum atomic E-state index is 14.4. The lowest BCUT2D eigenvalue weighted by Crippen LogP contribution is -2.50. The molecular formula is C23H27FN8O2. The Balaban J connectivity index is 1.29. The van der Waals surface area contributed by atoms with Crippen molar-refractivity contribution in [3.05, 3.63) is 48.3 Å². The van der Waals surface area contributed by atoms with Crippen LogP contribution in [0.15, 0.2) is 36.8 Å². The Morgan fingerprint density at radius 2 is 1.88 bits per heavy atom. The van der Waals surface area contributed by atoms with Crippen LogP contribution in [0.1, 0.15) is 26.5 Å². The van der Waals surface area contributed by atoms with E-state index in [2.05, 4.69) is 25.4 Å². The van der Waals surface area contributed by atoms with E-state index in [0.29, 0.717) is 43.5 Å². The Labute approximate surface area is 196 Å². The quantitative estimate of drug-likeness (QED) is 0.493. The Morgan fingerprint density at radius 3 is 2.62 bits per heavy atom. The van der Waals surface area contributed by atoms with Crippen LogP contribution in [-0.4, -0.2) is 66.8 Å². The fourth-order valence-corrected chi connectivity index (χ4v) is 4.01. The van der Waals surface area contributed by atoms with Crippen LogP contribution < -0.4 is 10.2 Å². The first-order chi connectivity index (χ1) is 16.2. The van der Waals surface area contributed by atoms with Crippen molar-refractivity contribution in [2.24, 2.45) is 0 Å². The van der Waals surface area contributed by atoms with Crippen molar-refractivity contribution < 1.29 is 13.9 Å². The predicted molar refractivity (Wildman–Crippen MR) is 126 cm³/mol. The van der Waals surface area contributed by atoms with Crippen LogP contribution >= 0.6 is 0 Å². The largest absolute Gasteiger partial charge is 0.444 e. The zero-order valence-corrected chi connectivity index (χ0v) is 19.6. The van der Waals surface area contributed by atoms with Gasteiger partial charge in [-0.2, -0.15) is 0 Å². The fraction of sp³-hybridized carbons (Fsp3) is 0.391. The number of carbonyl (C=O) groups is 1. The summed E-state index contributed by atoms with van der Waals surface area (Å²) in [6.45, 7) is 9.97. The van der Waals surface area contributed by atoms with Crippen LogP contribution in [0, 0.1) is 12.7 Å². The number of piperazine rings is 1. The van der Waals surface area contributed by atoms with E-state index in [9.17, 15) is 9.18 Å². The number of aromatic nitrogens is 5. The molecule has 0 saturated carbocycles. The molecule has 4 aromatic heterocycles. The second kappa shape index (κ2) is 8.15. The first kappa shape index (κ1) is 21.9. The number of imidazole rings is 1. The van der Waals surface area contributed by atoms with E-state index in [0.717, 1.165) is 11.4 Å². The fourth-order valence-electron chi connectivity index (χ4n) is 4.01. The molecule has 0 atom stereocenters. The minimum absolute atomic E-state index is 0.281. The molecule has 5 heterocycles. The molecule has 1 aliphatic heterocycles. The van der Waals surface area contributed by atoms with E-state index in [4.69, 9.17) is 4.74 Å². The Kier molecular flexibility index (Phi) is 5.26. The van der Waals surface area contributed by atoms with Crippen LogP contribution in [0.2, 0.25) is 0 Å². The van der Waals surface area contributed by atoms with E-state index in [1.165, 1.54) is 6.07 Å². The molecule has 0 aliphatic carbocycles. The van der Waals surface area contributed by atoms with Gasteiger partial charge in [-0.25, -0.2) is 14.2 Å². The van der Waals surface area contributed by atoms with E-state index in [-0.39, 0.29) is 11.7 Å². The third-order valence-corrected chi connectivity index (χ3v) is 5.57. The molecule has 5 rings (SSSR count). The second-order valence-corrected chi connectivity index (χ2v) is 9.41. The molecule has 10 nitrogen and oxygen atoms in total. The van der Waals surface area contributed by atoms with E-state index < -0.39 is 11.4 Å². The summed E-state index contributed by atoms with van der Waals surface area (Å²) < 4.78 is 23.3. The third-order valence-electron chi connectivity index (χ3n) is 5.57. The average Bonchev–Trinajstić information content (AvgIpc) is 3.35. The molecule has 0 aromatic carbocycles. The van der Waals surface area contributed by atoms with Crippen molar-refractivity contribution in [3.8, 4) is 0 Å². The lowest BCUT2D eigenvalue weighted by molar-refractivity contribution is 0.0240. The number of pyridine rings is 2. The number of rotatable bonds is 3. The highest BCUT2D eigenvalue weighted by Gasteiger charge is 2.26. The van der Waals surface area contributed by atoms with E-state index in [1.54, 1.807) is 21.7 Å². The zero-order chi connectivity index (χ0) is 24.0. The van der Waals surface area contributed by atoms with Crippen molar-refractivity contribution in [1.82, 2.24) is 28.9 Å². The normalized spacial score (nSPS) is 14.7. The maximum Gasteiger partial charge on any atom is 0.410 e. The maximum absolute atomic E-state index is 14.4. The number of hydrogen-bond acceptors (Lipinski definition) is 7. The lowest BCUT2D eigenvalue weighted by atomic mass is 10.2. The number of fused-ring (bicyclic) bond motifs is 2. The molecule has 11 heteroatoms. The zero-order valence-electron chi connectivity index (χ0n) is 19.6. The van der Waals surface area contributed by atoms with Crippen LogP contribution in [0.25, 0.3) is 11.3 Å². The number of aryl methyl sites for hydroxylation is 1. The predicted octanol–water partition coefficient (Wildman–Crippen LogP) is 3.63. The number of halogens is 1. The topological polar surface area (TPSA) is 92.3 Å². The van der Waals surface area contributed by atoms with E-state index >= 15 is 0 Å². The summed E-state index contributed by atoms with van der Waals surface area (Å²) in [4.78, 5) is 20.4. The number of nitrogens with zero attached hydrogens (tertiary/aromatic N) is 7. The van der Waals surface area contributed by atoms with Gasteiger partial charge >= 0.3 is 6.09 Å². The van der Waals surface area contributed by atoms with E-state index in [1.807, 2.05) is 50.4 Å². The molecule has 1 fully saturated rings. The highest BCUT2D eigenvalue weighted by molar-refractivity contribution is 5.69. The van der Waals surface area contributed by atoms with Gasteiger partial charge in [0, 0.05) is 62.6 Å². The molecule has 1 amide bonds. The first-order valence-corrected chi connectivity index (χ1v) is 11.2. The van der Waals surface area contributed by atoms with Gasteiger partial charge in [-0.3, -0.25) is 4.40 Å². The Bertz CT molecular complexity index is 1360. The highest BCUT2D eigenvalue weighted by atomic mass is 19.1. The van der Waals surface area contributed by atoms with Crippen LogP contribution in [0.4, 0.5) is 26.5 Å². The molecule has 1 N–H and O–H groups in total. The van der Waals surface area contributed by atoms with Gasteiger partial charge in [-0.05, 0) is 33.8 Å². The third kappa shape index (κ3) is 4.33. The smallest absolute Gasteiger partial charge is 0.410 e. The number of amides is 1. The summed E-state index contributed by atoms with van der Waals surface area (Å²) in [7, 11) is 0. The van der Waals surface area contributed by atoms with Gasteiger partial charge in [0.25, 0.3) is 0 Å². The number of nitrogens with one attached hydrogen (secondary N) is 1. The Morgan fingerprint density at radius 1 is 1.12 bits per heavy atom. The van der Waals surface area contributed by atoms with Gasteiger partial charge in [-0.1, -0.05) is 0 Å². The summed E-state index contributed by atoms with van der Waals surface area (Å²) >= 11 is 0. The second-order valence-electron chi connectivity index (χ2n) is 9.41. The SMILES string of the molecule is Cc1cn2cc(Nc3nnc4cc(N5CCN(C(=O)OC(C)(C)C)CC5)ccn34)cc(F)c2n1. The molecule has 4 aromatic rings. The summed E-state index contributed by atoms with van der Waals surface area (Å²) in [5, 5.41) is 11.6. The molecular weight excluding hydrogens is 439 g/mol. The lowest BCUT2D eigenvalue weighted by Gasteiger charge is -2.36. The van der Waals surface area contributed by atoms with Crippen molar-refractivity contribution in [3.63, 3.8) is 0 Å². The molecule has 0 unspecified atom stereocenters. The molecule has 0 spiro atoms. The van der Waals surface area contributed by atoms with Crippen molar-refractivity contribution >= 4 is 34.7 Å². The molecule has 1 saturated heterocycles. The number of ether oxygens (including phenoxy) is 1. The average molecular weight is 467 g/mol. The van der Waals surface area contributed by atoms with Crippen LogP contribution in [0.5, 0.6) is 0 Å². The van der Waals surface area contributed by atoms with Gasteiger partial charge in [0.1, 0.15) is 5.60 Å². The summed E-state index contributed by atoms with van der Waals surface area (Å²) in [6, 6.07) is 5.32. The van der Waals surface area contributed by atoms with Gasteiger partial charge < -0.3 is 24.3 Å². The summed E-state index contributed by atoms with van der Waals surface area (Å²) in [5.41, 5.74) is 2.72. The van der Waals surface area contributed by atoms with Gasteiger partial charge in [0.05, 0.1) is 11.4 Å².